The maximum atomic E-state index is 10.5. The number of aliphatic hydroxyl groups excluding tert-OH is 1. The van der Waals surface area contributed by atoms with Crippen LogP contribution in [0, 0.1) is 10.1 Å². The molecule has 0 saturated carbocycles. The first kappa shape index (κ1) is 14.8. The quantitative estimate of drug-likeness (QED) is 0.631. The van der Waals surface area contributed by atoms with E-state index in [2.05, 4.69) is 0 Å². The molecule has 5 nitrogen and oxygen atoms in total. The summed E-state index contributed by atoms with van der Waals surface area (Å²) in [5, 5.41) is 19.2. The minimum absolute atomic E-state index is 0. The summed E-state index contributed by atoms with van der Waals surface area (Å²) in [6, 6.07) is 6.52. The van der Waals surface area contributed by atoms with Crippen LogP contribution in [0.4, 0.5) is 5.69 Å². The zero-order chi connectivity index (χ0) is 11.3. The van der Waals surface area contributed by atoms with Crippen molar-refractivity contribution in [3.05, 3.63) is 39.9 Å². The number of likely N-dealkylation sites (N-methyl/N-ethyl adjacent to an activating group) is 1. The van der Waals surface area contributed by atoms with E-state index in [9.17, 15) is 10.1 Å². The molecule has 0 aromatic heterocycles. The normalized spacial score (nSPS) is 9.94. The number of halogens is 1. The molecule has 0 aliphatic carbocycles. The molecule has 0 aliphatic rings. The monoisotopic (exact) mass is 246 g/mol. The van der Waals surface area contributed by atoms with Gasteiger partial charge in [0.15, 0.2) is 0 Å². The number of hydrogen-bond donors (Lipinski definition) is 1. The van der Waals surface area contributed by atoms with Crippen LogP contribution in [0.25, 0.3) is 0 Å². The Balaban J connectivity index is 0.00000225. The number of aliphatic hydroxyl groups is 1. The Bertz CT molecular complexity index is 347. The van der Waals surface area contributed by atoms with E-state index in [1.165, 1.54) is 6.07 Å². The summed E-state index contributed by atoms with van der Waals surface area (Å²) in [6.45, 7) is 1.25. The molecule has 0 saturated heterocycles. The Morgan fingerprint density at radius 1 is 1.50 bits per heavy atom. The average Bonchev–Trinajstić information content (AvgIpc) is 2.18. The molecule has 90 valence electrons. The van der Waals surface area contributed by atoms with Crippen molar-refractivity contribution in [2.45, 2.75) is 6.54 Å². The molecule has 6 heteroatoms. The molecule has 0 unspecified atom stereocenters. The van der Waals surface area contributed by atoms with Crippen LogP contribution in [0.2, 0.25) is 0 Å². The van der Waals surface area contributed by atoms with Gasteiger partial charge in [-0.05, 0) is 12.6 Å². The summed E-state index contributed by atoms with van der Waals surface area (Å²) in [5.74, 6) is 0. The van der Waals surface area contributed by atoms with Gasteiger partial charge in [0.25, 0.3) is 5.69 Å². The molecule has 0 radical (unpaired) electrons. The summed E-state index contributed by atoms with van der Waals surface area (Å²) >= 11 is 0. The average molecular weight is 247 g/mol. The number of nitrogens with zero attached hydrogens (tertiary/aromatic N) is 2. The number of nitro groups is 1. The summed E-state index contributed by atoms with van der Waals surface area (Å²) in [4.78, 5) is 12.0. The maximum absolute atomic E-state index is 10.5. The van der Waals surface area contributed by atoms with Crippen molar-refractivity contribution in [2.75, 3.05) is 20.2 Å². The molecule has 1 aromatic rings. The molecule has 0 aliphatic heterocycles. The summed E-state index contributed by atoms with van der Waals surface area (Å²) in [5.41, 5.74) is 0.977. The molecule has 0 heterocycles. The lowest BCUT2D eigenvalue weighted by Gasteiger charge is -2.14. The molecule has 0 spiro atoms. The zero-order valence-electron chi connectivity index (χ0n) is 9.00. The van der Waals surface area contributed by atoms with E-state index in [1.807, 2.05) is 18.0 Å². The lowest BCUT2D eigenvalue weighted by Crippen LogP contribution is -2.21. The molecule has 0 amide bonds. The molecule has 1 N–H and O–H groups in total. The van der Waals surface area contributed by atoms with Gasteiger partial charge in [-0.15, -0.1) is 12.4 Å². The minimum atomic E-state index is -0.407. The second-order valence-electron chi connectivity index (χ2n) is 3.39. The standard InChI is InChI=1S/C10H14N2O3.ClH/c1-11(5-6-13)8-9-3-2-4-10(7-9)12(14)15;/h2-4,7,13H,5-6,8H2,1H3;1H. The minimum Gasteiger partial charge on any atom is -0.395 e. The van der Waals surface area contributed by atoms with Crippen molar-refractivity contribution in [3.8, 4) is 0 Å². The van der Waals surface area contributed by atoms with E-state index in [4.69, 9.17) is 5.11 Å². The smallest absolute Gasteiger partial charge is 0.269 e. The van der Waals surface area contributed by atoms with Crippen LogP contribution in [-0.2, 0) is 6.54 Å². The van der Waals surface area contributed by atoms with E-state index >= 15 is 0 Å². The largest absolute Gasteiger partial charge is 0.395 e. The molecule has 16 heavy (non-hydrogen) atoms. The Labute approximate surface area is 100 Å². The Hall–Kier alpha value is -1.17. The maximum Gasteiger partial charge on any atom is 0.269 e. The van der Waals surface area contributed by atoms with Crippen molar-refractivity contribution in [1.29, 1.82) is 0 Å². The van der Waals surface area contributed by atoms with Crippen LogP contribution in [-0.4, -0.2) is 35.1 Å². The fourth-order valence-corrected chi connectivity index (χ4v) is 1.33. The molecular weight excluding hydrogens is 232 g/mol. The number of rotatable bonds is 5. The predicted octanol–water partition coefficient (Wildman–Crippen LogP) is 1.44. The van der Waals surface area contributed by atoms with Crippen molar-refractivity contribution < 1.29 is 10.0 Å². The van der Waals surface area contributed by atoms with Crippen molar-refractivity contribution in [3.63, 3.8) is 0 Å². The van der Waals surface area contributed by atoms with Gasteiger partial charge >= 0.3 is 0 Å². The second-order valence-corrected chi connectivity index (χ2v) is 3.39. The lowest BCUT2D eigenvalue weighted by atomic mass is 10.2. The SMILES string of the molecule is CN(CCO)Cc1cccc([N+](=O)[O-])c1.Cl. The van der Waals surface area contributed by atoms with E-state index < -0.39 is 4.92 Å². The molecule has 0 fully saturated rings. The van der Waals surface area contributed by atoms with E-state index in [0.29, 0.717) is 13.1 Å². The molecule has 0 bridgehead atoms. The third-order valence-corrected chi connectivity index (χ3v) is 2.06. The van der Waals surface area contributed by atoms with Crippen LogP contribution in [0.5, 0.6) is 0 Å². The van der Waals surface area contributed by atoms with Crippen molar-refractivity contribution in [2.24, 2.45) is 0 Å². The topological polar surface area (TPSA) is 66.6 Å². The highest BCUT2D eigenvalue weighted by atomic mass is 35.5. The van der Waals surface area contributed by atoms with Crippen molar-refractivity contribution >= 4 is 18.1 Å². The van der Waals surface area contributed by atoms with Gasteiger partial charge in [0.1, 0.15) is 0 Å². The highest BCUT2D eigenvalue weighted by Gasteiger charge is 2.06. The zero-order valence-corrected chi connectivity index (χ0v) is 9.81. The first-order valence-electron chi connectivity index (χ1n) is 4.66. The first-order chi connectivity index (χ1) is 7.13. The van der Waals surface area contributed by atoms with Crippen molar-refractivity contribution in [1.82, 2.24) is 4.90 Å². The van der Waals surface area contributed by atoms with Crippen LogP contribution in [0.15, 0.2) is 24.3 Å². The number of benzene rings is 1. The second kappa shape index (κ2) is 7.16. The van der Waals surface area contributed by atoms with E-state index in [-0.39, 0.29) is 24.7 Å². The van der Waals surface area contributed by atoms with E-state index in [1.54, 1.807) is 12.1 Å². The van der Waals surface area contributed by atoms with Gasteiger partial charge in [0.2, 0.25) is 0 Å². The third kappa shape index (κ3) is 4.57. The highest BCUT2D eigenvalue weighted by molar-refractivity contribution is 5.85. The first-order valence-corrected chi connectivity index (χ1v) is 4.66. The summed E-state index contributed by atoms with van der Waals surface area (Å²) < 4.78 is 0. The van der Waals surface area contributed by atoms with Gasteiger partial charge in [-0.2, -0.15) is 0 Å². The Morgan fingerprint density at radius 2 is 2.19 bits per heavy atom. The van der Waals surface area contributed by atoms with E-state index in [0.717, 1.165) is 5.56 Å². The highest BCUT2D eigenvalue weighted by Crippen LogP contribution is 2.13. The molecule has 1 rings (SSSR count). The number of non-ortho nitro benzene ring substituents is 1. The molecule has 0 atom stereocenters. The van der Waals surface area contributed by atoms with Crippen LogP contribution >= 0.6 is 12.4 Å². The lowest BCUT2D eigenvalue weighted by molar-refractivity contribution is -0.384. The van der Waals surface area contributed by atoms with Gasteiger partial charge in [-0.1, -0.05) is 12.1 Å². The van der Waals surface area contributed by atoms with Crippen LogP contribution < -0.4 is 0 Å². The number of nitro benzene ring substituents is 1. The third-order valence-electron chi connectivity index (χ3n) is 2.06. The summed E-state index contributed by atoms with van der Waals surface area (Å²) in [7, 11) is 1.86. The van der Waals surface area contributed by atoms with Gasteiger partial charge in [-0.25, -0.2) is 0 Å². The van der Waals surface area contributed by atoms with Crippen LogP contribution in [0.3, 0.4) is 0 Å². The Morgan fingerprint density at radius 3 is 2.75 bits per heavy atom. The van der Waals surface area contributed by atoms with Gasteiger partial charge in [0, 0.05) is 25.2 Å². The van der Waals surface area contributed by atoms with Gasteiger partial charge in [-0.3, -0.25) is 15.0 Å². The molecule has 1 aromatic carbocycles. The van der Waals surface area contributed by atoms with Crippen LogP contribution in [0.1, 0.15) is 5.56 Å². The predicted molar refractivity (Wildman–Crippen MR) is 63.8 cm³/mol. The molecular formula is C10H15ClN2O3. The Kier molecular flexibility index (Phi) is 6.64. The number of hydrogen-bond acceptors (Lipinski definition) is 4. The fourth-order valence-electron chi connectivity index (χ4n) is 1.33. The fraction of sp³-hybridized carbons (Fsp3) is 0.400. The summed E-state index contributed by atoms with van der Waals surface area (Å²) in [6.07, 6.45) is 0. The van der Waals surface area contributed by atoms with Gasteiger partial charge < -0.3 is 5.11 Å². The van der Waals surface area contributed by atoms with Gasteiger partial charge in [0.05, 0.1) is 11.5 Å².